The van der Waals surface area contributed by atoms with Gasteiger partial charge in [-0.2, -0.15) is 0 Å². The van der Waals surface area contributed by atoms with Gasteiger partial charge in [-0.1, -0.05) is 13.3 Å². The molecule has 0 aliphatic heterocycles. The number of aliphatic carboxylic acids is 1. The molecule has 0 aliphatic carbocycles. The molecule has 0 saturated carbocycles. The third kappa shape index (κ3) is 5.54. The number of carbonyl (C=O) groups is 2. The van der Waals surface area contributed by atoms with Crippen LogP contribution in [0, 0.1) is 0 Å². The molecule has 2 atom stereocenters. The molecule has 0 saturated heterocycles. The van der Waals surface area contributed by atoms with E-state index in [2.05, 4.69) is 17.2 Å². The smallest absolute Gasteiger partial charge is 0.305 e. The summed E-state index contributed by atoms with van der Waals surface area (Å²) < 4.78 is 1.92. The molecule has 0 spiro atoms. The van der Waals surface area contributed by atoms with Crippen molar-refractivity contribution in [2.75, 3.05) is 0 Å². The number of nitrogens with one attached hydrogen (secondary N) is 1. The highest BCUT2D eigenvalue weighted by Gasteiger charge is 2.17. The lowest BCUT2D eigenvalue weighted by atomic mass is 10.1. The molecule has 1 rings (SSSR count). The predicted octanol–water partition coefficient (Wildman–Crippen LogP) is 1.59. The lowest BCUT2D eigenvalue weighted by molar-refractivity contribution is -0.137. The molecule has 6 heteroatoms. The quantitative estimate of drug-likeness (QED) is 0.749. The number of imidazole rings is 1. The first-order valence-electron chi connectivity index (χ1n) is 6.51. The van der Waals surface area contributed by atoms with Gasteiger partial charge in [0.15, 0.2) is 0 Å². The second-order valence-corrected chi connectivity index (χ2v) is 4.72. The predicted molar refractivity (Wildman–Crippen MR) is 70.6 cm³/mol. The third-order valence-electron chi connectivity index (χ3n) is 2.88. The number of hydrogen-bond acceptors (Lipinski definition) is 3. The Morgan fingerprint density at radius 2 is 2.16 bits per heavy atom. The van der Waals surface area contributed by atoms with Gasteiger partial charge in [0.05, 0.1) is 12.7 Å². The maximum Gasteiger partial charge on any atom is 0.305 e. The minimum absolute atomic E-state index is 0.0603. The van der Waals surface area contributed by atoms with Crippen LogP contribution in [0.15, 0.2) is 18.7 Å². The SMILES string of the molecule is CCCC(CC(=O)NC(C)CC(=O)O)n1ccnc1. The largest absolute Gasteiger partial charge is 0.481 e. The molecule has 19 heavy (non-hydrogen) atoms. The molecule has 1 amide bonds. The van der Waals surface area contributed by atoms with Crippen molar-refractivity contribution in [2.24, 2.45) is 0 Å². The molecule has 0 aliphatic rings. The Morgan fingerprint density at radius 1 is 1.42 bits per heavy atom. The molecule has 0 radical (unpaired) electrons. The average Bonchev–Trinajstić information content (AvgIpc) is 2.80. The molecule has 1 heterocycles. The van der Waals surface area contributed by atoms with Gasteiger partial charge in [-0.3, -0.25) is 9.59 Å². The van der Waals surface area contributed by atoms with Gasteiger partial charge in [0.2, 0.25) is 5.91 Å². The second-order valence-electron chi connectivity index (χ2n) is 4.72. The van der Waals surface area contributed by atoms with Crippen LogP contribution in [-0.4, -0.2) is 32.6 Å². The molecule has 1 aromatic rings. The van der Waals surface area contributed by atoms with Crippen LogP contribution in [0.5, 0.6) is 0 Å². The Kier molecular flexibility index (Phi) is 6.05. The van der Waals surface area contributed by atoms with Crippen LogP contribution in [0.1, 0.15) is 45.6 Å². The van der Waals surface area contributed by atoms with Crippen molar-refractivity contribution in [3.8, 4) is 0 Å². The van der Waals surface area contributed by atoms with Crippen LogP contribution < -0.4 is 5.32 Å². The average molecular weight is 267 g/mol. The van der Waals surface area contributed by atoms with E-state index in [0.29, 0.717) is 6.42 Å². The molecule has 1 aromatic heterocycles. The van der Waals surface area contributed by atoms with E-state index in [1.54, 1.807) is 19.4 Å². The number of carbonyl (C=O) groups excluding carboxylic acids is 1. The fourth-order valence-corrected chi connectivity index (χ4v) is 2.04. The lowest BCUT2D eigenvalue weighted by Gasteiger charge is -2.19. The Balaban J connectivity index is 2.50. The first kappa shape index (κ1) is 15.2. The Bertz CT molecular complexity index is 403. The van der Waals surface area contributed by atoms with Crippen LogP contribution >= 0.6 is 0 Å². The number of amides is 1. The fourth-order valence-electron chi connectivity index (χ4n) is 2.04. The molecular weight excluding hydrogens is 246 g/mol. The number of carboxylic acid groups (broad SMARTS) is 1. The summed E-state index contributed by atoms with van der Waals surface area (Å²) in [5.74, 6) is -1.03. The summed E-state index contributed by atoms with van der Waals surface area (Å²) in [4.78, 5) is 26.4. The summed E-state index contributed by atoms with van der Waals surface area (Å²) in [5.41, 5.74) is 0. The Hall–Kier alpha value is -1.85. The van der Waals surface area contributed by atoms with Crippen molar-refractivity contribution < 1.29 is 14.7 Å². The molecule has 106 valence electrons. The van der Waals surface area contributed by atoms with Crippen molar-refractivity contribution in [2.45, 2.75) is 51.6 Å². The fraction of sp³-hybridized carbons (Fsp3) is 0.615. The van der Waals surface area contributed by atoms with Crippen molar-refractivity contribution in [1.29, 1.82) is 0 Å². The number of nitrogens with zero attached hydrogens (tertiary/aromatic N) is 2. The van der Waals surface area contributed by atoms with Crippen LogP contribution in [0.4, 0.5) is 0 Å². The van der Waals surface area contributed by atoms with Gasteiger partial charge in [-0.25, -0.2) is 4.98 Å². The Morgan fingerprint density at radius 3 is 2.68 bits per heavy atom. The summed E-state index contributed by atoms with van der Waals surface area (Å²) in [7, 11) is 0. The molecular formula is C13H21N3O3. The minimum atomic E-state index is -0.910. The zero-order valence-electron chi connectivity index (χ0n) is 11.4. The first-order valence-corrected chi connectivity index (χ1v) is 6.51. The summed E-state index contributed by atoms with van der Waals surface area (Å²) in [6, 6.07) is -0.278. The van der Waals surface area contributed by atoms with E-state index < -0.39 is 5.97 Å². The standard InChI is InChI=1S/C13H21N3O3/c1-3-4-11(16-6-5-14-9-16)8-12(17)15-10(2)7-13(18)19/h5-6,9-11H,3-4,7-8H2,1-2H3,(H,15,17)(H,18,19). The zero-order valence-corrected chi connectivity index (χ0v) is 11.4. The highest BCUT2D eigenvalue weighted by molar-refractivity contribution is 5.77. The molecule has 2 unspecified atom stereocenters. The third-order valence-corrected chi connectivity index (χ3v) is 2.88. The van der Waals surface area contributed by atoms with Gasteiger partial charge in [-0.05, 0) is 13.3 Å². The molecule has 6 nitrogen and oxygen atoms in total. The van der Waals surface area contributed by atoms with E-state index >= 15 is 0 Å². The van der Waals surface area contributed by atoms with E-state index in [4.69, 9.17) is 5.11 Å². The van der Waals surface area contributed by atoms with Crippen molar-refractivity contribution in [3.63, 3.8) is 0 Å². The van der Waals surface area contributed by atoms with E-state index in [-0.39, 0.29) is 24.4 Å². The summed E-state index contributed by atoms with van der Waals surface area (Å²) in [6.45, 7) is 3.76. The summed E-state index contributed by atoms with van der Waals surface area (Å²) in [5, 5.41) is 11.4. The van der Waals surface area contributed by atoms with Gasteiger partial charge >= 0.3 is 5.97 Å². The second kappa shape index (κ2) is 7.56. The maximum absolute atomic E-state index is 11.9. The summed E-state index contributed by atoms with van der Waals surface area (Å²) >= 11 is 0. The highest BCUT2D eigenvalue weighted by Crippen LogP contribution is 2.17. The van der Waals surface area contributed by atoms with E-state index in [1.807, 2.05) is 10.8 Å². The van der Waals surface area contributed by atoms with Crippen LogP contribution in [0.3, 0.4) is 0 Å². The van der Waals surface area contributed by atoms with Gasteiger partial charge in [0, 0.05) is 30.9 Å². The molecule has 0 bridgehead atoms. The molecule has 0 aromatic carbocycles. The van der Waals surface area contributed by atoms with E-state index in [1.165, 1.54) is 0 Å². The van der Waals surface area contributed by atoms with Crippen LogP contribution in [0.25, 0.3) is 0 Å². The molecule has 0 fully saturated rings. The normalized spacial score (nSPS) is 13.8. The van der Waals surface area contributed by atoms with Crippen molar-refractivity contribution >= 4 is 11.9 Å². The van der Waals surface area contributed by atoms with Gasteiger partial charge in [0.1, 0.15) is 0 Å². The number of rotatable bonds is 8. The van der Waals surface area contributed by atoms with Crippen LogP contribution in [0.2, 0.25) is 0 Å². The van der Waals surface area contributed by atoms with Crippen LogP contribution in [-0.2, 0) is 9.59 Å². The van der Waals surface area contributed by atoms with E-state index in [9.17, 15) is 9.59 Å². The topological polar surface area (TPSA) is 84.2 Å². The molecule has 2 N–H and O–H groups in total. The van der Waals surface area contributed by atoms with Gasteiger partial charge < -0.3 is 15.0 Å². The van der Waals surface area contributed by atoms with Gasteiger partial charge in [0.25, 0.3) is 0 Å². The highest BCUT2D eigenvalue weighted by atomic mass is 16.4. The van der Waals surface area contributed by atoms with E-state index in [0.717, 1.165) is 12.8 Å². The maximum atomic E-state index is 11.9. The Labute approximate surface area is 112 Å². The zero-order chi connectivity index (χ0) is 14.3. The minimum Gasteiger partial charge on any atom is -0.481 e. The number of carboxylic acids is 1. The number of aromatic nitrogens is 2. The van der Waals surface area contributed by atoms with Gasteiger partial charge in [-0.15, -0.1) is 0 Å². The monoisotopic (exact) mass is 267 g/mol. The van der Waals surface area contributed by atoms with Crippen molar-refractivity contribution in [3.05, 3.63) is 18.7 Å². The summed E-state index contributed by atoms with van der Waals surface area (Å²) in [6.07, 6.45) is 7.37. The lowest BCUT2D eigenvalue weighted by Crippen LogP contribution is -2.35. The number of hydrogen-bond donors (Lipinski definition) is 2. The van der Waals surface area contributed by atoms with Crippen molar-refractivity contribution in [1.82, 2.24) is 14.9 Å². The first-order chi connectivity index (χ1) is 9.02.